The summed E-state index contributed by atoms with van der Waals surface area (Å²) in [5, 5.41) is 17.0. The molecular weight excluding hydrogens is 299 g/mol. The molecular formula is C12H6Cl2N6. The predicted molar refractivity (Wildman–Crippen MR) is 75.2 cm³/mol. The molecule has 1 N–H and O–H groups in total. The Labute approximate surface area is 123 Å². The maximum atomic E-state index is 9.11. The Balaban J connectivity index is 2.12. The standard InChI is InChI=1S/C12H6Cl2N6/c13-8-2-1-7(5-15)9(3-8)18-11-4-10(14)19-12-16-6-17-20(11)12/h1-4,6,18H. The molecule has 20 heavy (non-hydrogen) atoms. The molecule has 0 bridgehead atoms. The van der Waals surface area contributed by atoms with Crippen molar-refractivity contribution >= 4 is 40.5 Å². The normalized spacial score (nSPS) is 10.4. The van der Waals surface area contributed by atoms with Crippen LogP contribution in [0.25, 0.3) is 5.78 Å². The molecule has 0 aliphatic rings. The van der Waals surface area contributed by atoms with Gasteiger partial charge >= 0.3 is 0 Å². The summed E-state index contributed by atoms with van der Waals surface area (Å²) < 4.78 is 1.48. The first-order valence-corrected chi connectivity index (χ1v) is 6.26. The number of anilines is 2. The quantitative estimate of drug-likeness (QED) is 0.736. The molecule has 98 valence electrons. The van der Waals surface area contributed by atoms with Crippen LogP contribution in [0.1, 0.15) is 5.56 Å². The first kappa shape index (κ1) is 12.7. The Kier molecular flexibility index (Phi) is 3.14. The van der Waals surface area contributed by atoms with Crippen molar-refractivity contribution in [3.8, 4) is 6.07 Å². The predicted octanol–water partition coefficient (Wildman–Crippen LogP) is 3.05. The molecule has 0 aliphatic carbocycles. The van der Waals surface area contributed by atoms with Crippen LogP contribution in [0.3, 0.4) is 0 Å². The van der Waals surface area contributed by atoms with Gasteiger partial charge in [-0.15, -0.1) is 0 Å². The lowest BCUT2D eigenvalue weighted by Crippen LogP contribution is -2.02. The van der Waals surface area contributed by atoms with Gasteiger partial charge in [-0.1, -0.05) is 23.2 Å². The number of benzene rings is 1. The average Bonchev–Trinajstić information content (AvgIpc) is 2.87. The molecule has 2 aromatic heterocycles. The number of aromatic nitrogens is 4. The zero-order valence-corrected chi connectivity index (χ0v) is 11.4. The summed E-state index contributed by atoms with van der Waals surface area (Å²) in [4.78, 5) is 7.99. The van der Waals surface area contributed by atoms with Gasteiger partial charge in [-0.05, 0) is 18.2 Å². The molecule has 3 rings (SSSR count). The van der Waals surface area contributed by atoms with Crippen LogP contribution in [0.5, 0.6) is 0 Å². The third-order valence-corrected chi connectivity index (χ3v) is 3.01. The molecule has 0 saturated heterocycles. The zero-order chi connectivity index (χ0) is 14.1. The summed E-state index contributed by atoms with van der Waals surface area (Å²) in [6.07, 6.45) is 1.37. The summed E-state index contributed by atoms with van der Waals surface area (Å²) in [6, 6.07) is 8.60. The topological polar surface area (TPSA) is 78.9 Å². The molecule has 2 heterocycles. The number of halogens is 2. The number of hydrogen-bond donors (Lipinski definition) is 1. The van der Waals surface area contributed by atoms with Crippen LogP contribution in [0.2, 0.25) is 10.2 Å². The number of hydrogen-bond acceptors (Lipinski definition) is 5. The average molecular weight is 305 g/mol. The lowest BCUT2D eigenvalue weighted by Gasteiger charge is -2.09. The number of nitriles is 1. The smallest absolute Gasteiger partial charge is 0.255 e. The molecule has 6 nitrogen and oxygen atoms in total. The van der Waals surface area contributed by atoms with Crippen LogP contribution in [0.4, 0.5) is 11.5 Å². The Morgan fingerprint density at radius 2 is 2.10 bits per heavy atom. The van der Waals surface area contributed by atoms with Crippen LogP contribution in [0.15, 0.2) is 30.6 Å². The minimum atomic E-state index is 0.272. The van der Waals surface area contributed by atoms with Gasteiger partial charge in [0.25, 0.3) is 5.78 Å². The van der Waals surface area contributed by atoms with Crippen LogP contribution in [-0.4, -0.2) is 19.6 Å². The van der Waals surface area contributed by atoms with E-state index in [1.807, 2.05) is 0 Å². The van der Waals surface area contributed by atoms with Crippen molar-refractivity contribution in [1.29, 1.82) is 5.26 Å². The molecule has 3 aromatic rings. The van der Waals surface area contributed by atoms with Crippen molar-refractivity contribution in [2.24, 2.45) is 0 Å². The van der Waals surface area contributed by atoms with Crippen molar-refractivity contribution in [2.45, 2.75) is 0 Å². The monoisotopic (exact) mass is 304 g/mol. The molecule has 0 spiro atoms. The van der Waals surface area contributed by atoms with E-state index in [1.165, 1.54) is 10.8 Å². The fourth-order valence-corrected chi connectivity index (χ4v) is 2.08. The number of fused-ring (bicyclic) bond motifs is 1. The van der Waals surface area contributed by atoms with Gasteiger partial charge in [-0.3, -0.25) is 0 Å². The van der Waals surface area contributed by atoms with Crippen molar-refractivity contribution in [3.05, 3.63) is 46.3 Å². The lowest BCUT2D eigenvalue weighted by atomic mass is 10.2. The highest BCUT2D eigenvalue weighted by Crippen LogP contribution is 2.25. The minimum Gasteiger partial charge on any atom is -0.339 e. The lowest BCUT2D eigenvalue weighted by molar-refractivity contribution is 0.947. The van der Waals surface area contributed by atoms with Crippen molar-refractivity contribution in [1.82, 2.24) is 19.6 Å². The molecule has 0 unspecified atom stereocenters. The Morgan fingerprint density at radius 1 is 1.25 bits per heavy atom. The van der Waals surface area contributed by atoms with Crippen LogP contribution < -0.4 is 5.32 Å². The highest BCUT2D eigenvalue weighted by molar-refractivity contribution is 6.31. The second-order valence-corrected chi connectivity index (χ2v) is 4.69. The van der Waals surface area contributed by atoms with Crippen molar-refractivity contribution in [2.75, 3.05) is 5.32 Å². The first-order chi connectivity index (χ1) is 9.67. The third-order valence-electron chi connectivity index (χ3n) is 2.59. The summed E-state index contributed by atoms with van der Waals surface area (Å²) >= 11 is 11.9. The molecule has 0 amide bonds. The van der Waals surface area contributed by atoms with E-state index < -0.39 is 0 Å². The van der Waals surface area contributed by atoms with Gasteiger partial charge in [0, 0.05) is 11.1 Å². The van der Waals surface area contributed by atoms with E-state index in [9.17, 15) is 0 Å². The maximum Gasteiger partial charge on any atom is 0.255 e. The molecule has 0 radical (unpaired) electrons. The first-order valence-electron chi connectivity index (χ1n) is 5.50. The van der Waals surface area contributed by atoms with Gasteiger partial charge in [-0.25, -0.2) is 0 Å². The van der Waals surface area contributed by atoms with Gasteiger partial charge in [0.05, 0.1) is 11.3 Å². The van der Waals surface area contributed by atoms with Gasteiger partial charge in [0.2, 0.25) is 0 Å². The molecule has 0 atom stereocenters. The Morgan fingerprint density at radius 3 is 2.90 bits per heavy atom. The zero-order valence-electron chi connectivity index (χ0n) is 9.88. The van der Waals surface area contributed by atoms with E-state index in [-0.39, 0.29) is 5.15 Å². The van der Waals surface area contributed by atoms with E-state index in [0.717, 1.165) is 0 Å². The molecule has 8 heteroatoms. The second kappa shape index (κ2) is 4.96. The van der Waals surface area contributed by atoms with Crippen molar-refractivity contribution in [3.63, 3.8) is 0 Å². The SMILES string of the molecule is N#Cc1ccc(Cl)cc1Nc1cc(Cl)nc2ncnn12. The summed E-state index contributed by atoms with van der Waals surface area (Å²) in [5.74, 6) is 0.900. The highest BCUT2D eigenvalue weighted by atomic mass is 35.5. The Hall–Kier alpha value is -2.36. The fraction of sp³-hybridized carbons (Fsp3) is 0. The van der Waals surface area contributed by atoms with E-state index in [2.05, 4.69) is 26.5 Å². The number of nitrogens with zero attached hydrogens (tertiary/aromatic N) is 5. The van der Waals surface area contributed by atoms with E-state index in [1.54, 1.807) is 24.3 Å². The molecule has 0 fully saturated rings. The van der Waals surface area contributed by atoms with Crippen LogP contribution >= 0.6 is 23.2 Å². The van der Waals surface area contributed by atoms with Gasteiger partial charge in [0.1, 0.15) is 23.4 Å². The Bertz CT molecular complexity index is 836. The number of nitrogens with one attached hydrogen (secondary N) is 1. The van der Waals surface area contributed by atoms with Crippen LogP contribution in [-0.2, 0) is 0 Å². The van der Waals surface area contributed by atoms with Gasteiger partial charge in [0.15, 0.2) is 0 Å². The minimum absolute atomic E-state index is 0.272. The number of rotatable bonds is 2. The molecule has 1 aromatic carbocycles. The van der Waals surface area contributed by atoms with E-state index in [4.69, 9.17) is 28.5 Å². The largest absolute Gasteiger partial charge is 0.339 e. The molecule has 0 aliphatic heterocycles. The van der Waals surface area contributed by atoms with E-state index >= 15 is 0 Å². The highest BCUT2D eigenvalue weighted by Gasteiger charge is 2.09. The van der Waals surface area contributed by atoms with Gasteiger partial charge in [-0.2, -0.15) is 24.8 Å². The second-order valence-electron chi connectivity index (χ2n) is 3.86. The molecule has 0 saturated carbocycles. The summed E-state index contributed by atoms with van der Waals surface area (Å²) in [6.45, 7) is 0. The van der Waals surface area contributed by atoms with Gasteiger partial charge < -0.3 is 5.32 Å². The van der Waals surface area contributed by atoms with Crippen molar-refractivity contribution < 1.29 is 0 Å². The van der Waals surface area contributed by atoms with E-state index in [0.29, 0.717) is 27.9 Å². The maximum absolute atomic E-state index is 9.11. The fourth-order valence-electron chi connectivity index (χ4n) is 1.73. The van der Waals surface area contributed by atoms with Crippen LogP contribution in [0, 0.1) is 11.3 Å². The summed E-state index contributed by atoms with van der Waals surface area (Å²) in [7, 11) is 0. The summed E-state index contributed by atoms with van der Waals surface area (Å²) in [5.41, 5.74) is 1.01. The third kappa shape index (κ3) is 2.25.